The average Bonchev–Trinajstić information content (AvgIpc) is 3.23. The lowest BCUT2D eigenvalue weighted by Gasteiger charge is -2.18. The van der Waals surface area contributed by atoms with Gasteiger partial charge in [0.15, 0.2) is 0 Å². The van der Waals surface area contributed by atoms with Gasteiger partial charge in [-0.15, -0.1) is 0 Å². The number of hydrogen-bond donors (Lipinski definition) is 2. The number of nitrogens with one attached hydrogen (secondary N) is 1. The standard InChI is InChI=1S/C28H43N3O3/c1-22-25(9-5-11-27(22)33-19-7-14-29-15-18-30(3)4)26-10-6-12-28(23(26)2)34-20-8-16-31-17-13-24(32)21-31/h5-6,9-12,24,29,32H,7-8,13-21H2,1-4H3/t24-/m1/s1. The van der Waals surface area contributed by atoms with E-state index in [0.717, 1.165) is 81.2 Å². The van der Waals surface area contributed by atoms with Crippen LogP contribution in [0.5, 0.6) is 11.5 Å². The number of likely N-dealkylation sites (N-methyl/N-ethyl adjacent to an activating group) is 1. The molecule has 0 aliphatic carbocycles. The van der Waals surface area contributed by atoms with Crippen LogP contribution >= 0.6 is 0 Å². The van der Waals surface area contributed by atoms with Crippen molar-refractivity contribution in [1.29, 1.82) is 0 Å². The molecule has 2 N–H and O–H groups in total. The Morgan fingerprint density at radius 2 is 1.56 bits per heavy atom. The summed E-state index contributed by atoms with van der Waals surface area (Å²) >= 11 is 0. The van der Waals surface area contributed by atoms with E-state index in [1.807, 2.05) is 0 Å². The van der Waals surface area contributed by atoms with Gasteiger partial charge in [-0.25, -0.2) is 0 Å². The van der Waals surface area contributed by atoms with Crippen LogP contribution in [-0.4, -0.2) is 87.6 Å². The Hall–Kier alpha value is -2.12. The fourth-order valence-corrected chi connectivity index (χ4v) is 4.42. The Morgan fingerprint density at radius 3 is 2.12 bits per heavy atom. The summed E-state index contributed by atoms with van der Waals surface area (Å²) < 4.78 is 12.3. The molecule has 0 unspecified atom stereocenters. The van der Waals surface area contributed by atoms with E-state index >= 15 is 0 Å². The molecule has 1 aliphatic heterocycles. The average molecular weight is 470 g/mol. The predicted molar refractivity (Wildman–Crippen MR) is 140 cm³/mol. The molecular formula is C28H43N3O3. The molecule has 3 rings (SSSR count). The van der Waals surface area contributed by atoms with Crippen LogP contribution in [0.15, 0.2) is 36.4 Å². The van der Waals surface area contributed by atoms with Gasteiger partial charge in [-0.2, -0.15) is 0 Å². The van der Waals surface area contributed by atoms with Crippen molar-refractivity contribution in [3.8, 4) is 22.6 Å². The zero-order valence-electron chi connectivity index (χ0n) is 21.5. The van der Waals surface area contributed by atoms with E-state index in [9.17, 15) is 5.11 Å². The maximum atomic E-state index is 9.67. The molecule has 1 atom stereocenters. The highest BCUT2D eigenvalue weighted by molar-refractivity contribution is 5.74. The molecular weight excluding hydrogens is 426 g/mol. The third-order valence-corrected chi connectivity index (χ3v) is 6.47. The van der Waals surface area contributed by atoms with Gasteiger partial charge < -0.3 is 29.7 Å². The van der Waals surface area contributed by atoms with Gasteiger partial charge >= 0.3 is 0 Å². The number of benzene rings is 2. The van der Waals surface area contributed by atoms with E-state index in [0.29, 0.717) is 13.2 Å². The Morgan fingerprint density at radius 1 is 0.941 bits per heavy atom. The molecule has 6 nitrogen and oxygen atoms in total. The highest BCUT2D eigenvalue weighted by atomic mass is 16.5. The molecule has 0 amide bonds. The van der Waals surface area contributed by atoms with Crippen LogP contribution in [0.4, 0.5) is 0 Å². The lowest BCUT2D eigenvalue weighted by atomic mass is 9.95. The van der Waals surface area contributed by atoms with Gasteiger partial charge in [0.1, 0.15) is 11.5 Å². The van der Waals surface area contributed by atoms with E-state index < -0.39 is 0 Å². The molecule has 0 spiro atoms. The molecule has 1 saturated heterocycles. The van der Waals surface area contributed by atoms with E-state index in [4.69, 9.17) is 9.47 Å². The minimum atomic E-state index is -0.160. The number of ether oxygens (including phenoxy) is 2. The van der Waals surface area contributed by atoms with E-state index in [2.05, 4.69) is 79.5 Å². The number of rotatable bonds is 14. The molecule has 0 aromatic heterocycles. The van der Waals surface area contributed by atoms with Gasteiger partial charge in [0.05, 0.1) is 19.3 Å². The lowest BCUT2D eigenvalue weighted by Crippen LogP contribution is -2.27. The molecule has 0 bridgehead atoms. The molecule has 0 saturated carbocycles. The summed E-state index contributed by atoms with van der Waals surface area (Å²) in [5.41, 5.74) is 4.70. The van der Waals surface area contributed by atoms with Crippen LogP contribution in [0.3, 0.4) is 0 Å². The van der Waals surface area contributed by atoms with Crippen molar-refractivity contribution >= 4 is 0 Å². The number of β-amino-alcohol motifs (C(OH)–C–C–N with tert-alkyl or cyclic N) is 1. The largest absolute Gasteiger partial charge is 0.493 e. The van der Waals surface area contributed by atoms with Crippen molar-refractivity contribution in [3.63, 3.8) is 0 Å². The molecule has 2 aromatic carbocycles. The van der Waals surface area contributed by atoms with Crippen LogP contribution < -0.4 is 14.8 Å². The van der Waals surface area contributed by atoms with Crippen molar-refractivity contribution in [2.45, 2.75) is 39.2 Å². The van der Waals surface area contributed by atoms with Crippen molar-refractivity contribution in [2.24, 2.45) is 0 Å². The summed E-state index contributed by atoms with van der Waals surface area (Å²) in [6.07, 6.45) is 2.67. The number of aliphatic hydroxyl groups excluding tert-OH is 1. The van der Waals surface area contributed by atoms with Crippen LogP contribution in [0.2, 0.25) is 0 Å². The number of nitrogens with zero attached hydrogens (tertiary/aromatic N) is 2. The van der Waals surface area contributed by atoms with Crippen LogP contribution in [-0.2, 0) is 0 Å². The zero-order chi connectivity index (χ0) is 24.3. The third kappa shape index (κ3) is 7.98. The first kappa shape index (κ1) is 26.5. The van der Waals surface area contributed by atoms with Gasteiger partial charge in [-0.1, -0.05) is 24.3 Å². The first-order chi connectivity index (χ1) is 16.5. The van der Waals surface area contributed by atoms with E-state index in [-0.39, 0.29) is 6.10 Å². The molecule has 1 aliphatic rings. The second kappa shape index (κ2) is 13.7. The van der Waals surface area contributed by atoms with Crippen molar-refractivity contribution in [3.05, 3.63) is 47.5 Å². The van der Waals surface area contributed by atoms with Crippen LogP contribution in [0.25, 0.3) is 11.1 Å². The normalized spacial score (nSPS) is 16.4. The predicted octanol–water partition coefficient (Wildman–Crippen LogP) is 3.73. The fraction of sp³-hybridized carbons (Fsp3) is 0.571. The number of likely N-dealkylation sites (tertiary alicyclic amines) is 1. The summed E-state index contributed by atoms with van der Waals surface area (Å²) in [4.78, 5) is 4.49. The van der Waals surface area contributed by atoms with Gasteiger partial charge in [-0.3, -0.25) is 0 Å². The van der Waals surface area contributed by atoms with E-state index in [1.54, 1.807) is 0 Å². The molecule has 34 heavy (non-hydrogen) atoms. The summed E-state index contributed by atoms with van der Waals surface area (Å²) in [7, 11) is 4.18. The van der Waals surface area contributed by atoms with Gasteiger partial charge in [0.2, 0.25) is 0 Å². The summed E-state index contributed by atoms with van der Waals surface area (Å²) in [5.74, 6) is 1.89. The Balaban J connectivity index is 1.52. The smallest absolute Gasteiger partial charge is 0.122 e. The molecule has 1 fully saturated rings. The monoisotopic (exact) mass is 469 g/mol. The highest BCUT2D eigenvalue weighted by Gasteiger charge is 2.19. The second-order valence-electron chi connectivity index (χ2n) is 9.56. The van der Waals surface area contributed by atoms with Gasteiger partial charge in [-0.05, 0) is 88.1 Å². The summed E-state index contributed by atoms with van der Waals surface area (Å²) in [6, 6.07) is 12.6. The maximum Gasteiger partial charge on any atom is 0.122 e. The molecule has 1 heterocycles. The first-order valence-corrected chi connectivity index (χ1v) is 12.7. The first-order valence-electron chi connectivity index (χ1n) is 12.7. The number of hydrogen-bond acceptors (Lipinski definition) is 6. The van der Waals surface area contributed by atoms with E-state index in [1.165, 1.54) is 11.1 Å². The Bertz CT molecular complexity index is 887. The fourth-order valence-electron chi connectivity index (χ4n) is 4.42. The molecule has 0 radical (unpaired) electrons. The van der Waals surface area contributed by atoms with Gasteiger partial charge in [0.25, 0.3) is 0 Å². The highest BCUT2D eigenvalue weighted by Crippen LogP contribution is 2.35. The van der Waals surface area contributed by atoms with Crippen molar-refractivity contribution < 1.29 is 14.6 Å². The second-order valence-corrected chi connectivity index (χ2v) is 9.56. The maximum absolute atomic E-state index is 9.67. The third-order valence-electron chi connectivity index (χ3n) is 6.47. The summed E-state index contributed by atoms with van der Waals surface area (Å²) in [6.45, 7) is 11.4. The molecule has 188 valence electrons. The van der Waals surface area contributed by atoms with Gasteiger partial charge in [0, 0.05) is 32.7 Å². The minimum absolute atomic E-state index is 0.160. The Kier molecular flexibility index (Phi) is 10.7. The SMILES string of the molecule is Cc1c(OCCCNCCN(C)C)cccc1-c1cccc(OCCCN2CC[C@@H](O)C2)c1C. The quantitative estimate of drug-likeness (QED) is 0.411. The zero-order valence-corrected chi connectivity index (χ0v) is 21.5. The summed E-state index contributed by atoms with van der Waals surface area (Å²) in [5, 5.41) is 13.1. The molecule has 6 heteroatoms. The molecule has 2 aromatic rings. The van der Waals surface area contributed by atoms with Crippen LogP contribution in [0.1, 0.15) is 30.4 Å². The van der Waals surface area contributed by atoms with Crippen LogP contribution in [0, 0.1) is 13.8 Å². The number of aliphatic hydroxyl groups is 1. The topological polar surface area (TPSA) is 57.2 Å². The van der Waals surface area contributed by atoms with Crippen molar-refractivity contribution in [2.75, 3.05) is 66.6 Å². The van der Waals surface area contributed by atoms with Crippen molar-refractivity contribution in [1.82, 2.24) is 15.1 Å². The minimum Gasteiger partial charge on any atom is -0.493 e. The Labute approximate surface area is 205 Å². The lowest BCUT2D eigenvalue weighted by molar-refractivity contribution is 0.173.